The van der Waals surface area contributed by atoms with Crippen molar-refractivity contribution in [3.63, 3.8) is 0 Å². The van der Waals surface area contributed by atoms with Gasteiger partial charge in [-0.3, -0.25) is 4.79 Å². The molecule has 0 atom stereocenters. The smallest absolute Gasteiger partial charge is 0.219 e. The van der Waals surface area contributed by atoms with Crippen molar-refractivity contribution in [2.45, 2.75) is 26.7 Å². The Labute approximate surface area is 142 Å². The van der Waals surface area contributed by atoms with E-state index < -0.39 is 0 Å². The van der Waals surface area contributed by atoms with Crippen LogP contribution < -0.4 is 31.9 Å². The van der Waals surface area contributed by atoms with E-state index in [1.165, 1.54) is 6.42 Å². The van der Waals surface area contributed by atoms with Crippen LogP contribution in [0.4, 0.5) is 0 Å². The van der Waals surface area contributed by atoms with Crippen LogP contribution in [0.2, 0.25) is 0 Å². The molecule has 0 aromatic rings. The topological polar surface area (TPSA) is 89.2 Å². The van der Waals surface area contributed by atoms with Crippen LogP contribution in [0.15, 0.2) is 0 Å². The Hall–Kier alpha value is -0.730. The zero-order valence-electron chi connectivity index (χ0n) is 15.1. The summed E-state index contributed by atoms with van der Waals surface area (Å²) in [4.78, 5) is 11.0. The van der Waals surface area contributed by atoms with Gasteiger partial charge in [-0.15, -0.1) is 0 Å². The van der Waals surface area contributed by atoms with E-state index >= 15 is 0 Å². The molecule has 0 rings (SSSR count). The second-order valence-corrected chi connectivity index (χ2v) is 5.45. The first-order valence-electron chi connectivity index (χ1n) is 9.11. The van der Waals surface area contributed by atoms with Gasteiger partial charge in [-0.05, 0) is 13.0 Å². The second kappa shape index (κ2) is 19.3. The monoisotopic (exact) mass is 330 g/mol. The summed E-state index contributed by atoms with van der Waals surface area (Å²) in [6, 6.07) is 0. The average Bonchev–Trinajstić information content (AvgIpc) is 2.57. The molecular formula is C16H38N6O. The fraction of sp³-hybridized carbons (Fsp3) is 0.938. The van der Waals surface area contributed by atoms with E-state index in [9.17, 15) is 4.79 Å². The second-order valence-electron chi connectivity index (χ2n) is 5.45. The van der Waals surface area contributed by atoms with Crippen LogP contribution in [0, 0.1) is 0 Å². The van der Waals surface area contributed by atoms with Crippen molar-refractivity contribution in [3.8, 4) is 0 Å². The highest BCUT2D eigenvalue weighted by Gasteiger charge is 1.94. The van der Waals surface area contributed by atoms with Gasteiger partial charge < -0.3 is 31.9 Å². The fourth-order valence-corrected chi connectivity index (χ4v) is 1.92. The number of amides is 1. The van der Waals surface area contributed by atoms with Crippen LogP contribution in [-0.2, 0) is 4.79 Å². The summed E-state index contributed by atoms with van der Waals surface area (Å²) < 4.78 is 0. The molecule has 1 amide bonds. The Morgan fingerprint density at radius 1 is 0.565 bits per heavy atom. The van der Waals surface area contributed by atoms with Crippen molar-refractivity contribution in [2.75, 3.05) is 72.0 Å². The van der Waals surface area contributed by atoms with Crippen LogP contribution in [0.25, 0.3) is 0 Å². The summed E-state index contributed by atoms with van der Waals surface area (Å²) in [5.74, 6) is 0.114. The maximum Gasteiger partial charge on any atom is 0.219 e. The minimum absolute atomic E-state index is 0.114. The van der Waals surface area contributed by atoms with Gasteiger partial charge in [0.25, 0.3) is 0 Å². The molecule has 0 unspecified atom stereocenters. The molecule has 6 N–H and O–H groups in total. The Kier molecular flexibility index (Phi) is 18.7. The van der Waals surface area contributed by atoms with Crippen LogP contribution >= 0.6 is 0 Å². The van der Waals surface area contributed by atoms with E-state index in [1.807, 2.05) is 6.92 Å². The summed E-state index contributed by atoms with van der Waals surface area (Å²) in [7, 11) is 0. The highest BCUT2D eigenvalue weighted by atomic mass is 16.1. The molecule has 0 aromatic carbocycles. The van der Waals surface area contributed by atoms with Crippen LogP contribution in [0.5, 0.6) is 0 Å². The first kappa shape index (κ1) is 22.3. The third kappa shape index (κ3) is 19.2. The third-order valence-electron chi connectivity index (χ3n) is 3.29. The maximum atomic E-state index is 11.0. The van der Waals surface area contributed by atoms with Crippen LogP contribution in [0.3, 0.4) is 0 Å². The lowest BCUT2D eigenvalue weighted by Crippen LogP contribution is -2.37. The molecule has 0 aliphatic rings. The largest absolute Gasteiger partial charge is 0.355 e. The van der Waals surface area contributed by atoms with Gasteiger partial charge in [-0.1, -0.05) is 13.8 Å². The van der Waals surface area contributed by atoms with Gasteiger partial charge in [0.1, 0.15) is 0 Å². The van der Waals surface area contributed by atoms with Gasteiger partial charge in [-0.2, -0.15) is 0 Å². The van der Waals surface area contributed by atoms with E-state index in [-0.39, 0.29) is 5.91 Å². The Bertz CT molecular complexity index is 253. The predicted molar refractivity (Wildman–Crippen MR) is 97.9 cm³/mol. The van der Waals surface area contributed by atoms with Crippen molar-refractivity contribution in [2.24, 2.45) is 0 Å². The molecule has 0 spiro atoms. The maximum absolute atomic E-state index is 11.0. The lowest BCUT2D eigenvalue weighted by Gasteiger charge is -2.09. The van der Waals surface area contributed by atoms with Gasteiger partial charge in [0.2, 0.25) is 5.91 Å². The standard InChI is InChI=1S/C16H38N6O/c1-3-5-17-6-7-18-8-9-19-10-11-20-12-13-21-14-15-22-16(23)4-2/h17-21H,3-15H2,1-2H3,(H,22,23). The number of carbonyl (C=O) groups is 1. The minimum atomic E-state index is 0.114. The van der Waals surface area contributed by atoms with E-state index in [1.54, 1.807) is 0 Å². The molecule has 7 heteroatoms. The molecule has 0 bridgehead atoms. The number of hydrogen-bond acceptors (Lipinski definition) is 6. The molecule has 0 aliphatic heterocycles. The Morgan fingerprint density at radius 2 is 0.913 bits per heavy atom. The number of carbonyl (C=O) groups excluding carboxylic acids is 1. The van der Waals surface area contributed by atoms with Gasteiger partial charge in [0.15, 0.2) is 0 Å². The van der Waals surface area contributed by atoms with Gasteiger partial charge in [0, 0.05) is 71.9 Å². The molecule has 0 aliphatic carbocycles. The van der Waals surface area contributed by atoms with Gasteiger partial charge in [0.05, 0.1) is 0 Å². The van der Waals surface area contributed by atoms with Crippen molar-refractivity contribution in [3.05, 3.63) is 0 Å². The molecule has 0 saturated heterocycles. The van der Waals surface area contributed by atoms with Crippen molar-refractivity contribution in [1.82, 2.24) is 31.9 Å². The predicted octanol–water partition coefficient (Wildman–Crippen LogP) is -1.13. The molecule has 7 nitrogen and oxygen atoms in total. The van der Waals surface area contributed by atoms with Crippen LogP contribution in [0.1, 0.15) is 26.7 Å². The minimum Gasteiger partial charge on any atom is -0.355 e. The van der Waals surface area contributed by atoms with Crippen LogP contribution in [-0.4, -0.2) is 77.9 Å². The molecular weight excluding hydrogens is 292 g/mol. The quantitative estimate of drug-likeness (QED) is 0.178. The summed E-state index contributed by atoms with van der Waals surface area (Å²) in [5.41, 5.74) is 0. The SMILES string of the molecule is CCCNCCNCCNCCNCCNCCNC(=O)CC. The summed E-state index contributed by atoms with van der Waals surface area (Å²) in [6.45, 7) is 14.6. The number of nitrogens with one attached hydrogen (secondary N) is 6. The highest BCUT2D eigenvalue weighted by molar-refractivity contribution is 5.75. The summed E-state index contributed by atoms with van der Waals surface area (Å²) >= 11 is 0. The lowest BCUT2D eigenvalue weighted by atomic mass is 10.4. The molecule has 0 aromatic heterocycles. The first-order chi connectivity index (χ1) is 11.3. The summed E-state index contributed by atoms with van der Waals surface area (Å²) in [5, 5.41) is 19.7. The first-order valence-corrected chi connectivity index (χ1v) is 9.11. The van der Waals surface area contributed by atoms with E-state index in [0.29, 0.717) is 13.0 Å². The summed E-state index contributed by atoms with van der Waals surface area (Å²) in [6.07, 6.45) is 1.75. The zero-order chi connectivity index (χ0) is 17.0. The molecule has 0 saturated carbocycles. The zero-order valence-corrected chi connectivity index (χ0v) is 15.1. The third-order valence-corrected chi connectivity index (χ3v) is 3.29. The molecule has 138 valence electrons. The number of rotatable bonds is 18. The normalized spacial score (nSPS) is 10.9. The molecule has 23 heavy (non-hydrogen) atoms. The molecule has 0 radical (unpaired) electrons. The average molecular weight is 331 g/mol. The van der Waals surface area contributed by atoms with E-state index in [2.05, 4.69) is 38.8 Å². The molecule has 0 fully saturated rings. The van der Waals surface area contributed by atoms with E-state index in [0.717, 1.165) is 65.4 Å². The van der Waals surface area contributed by atoms with E-state index in [4.69, 9.17) is 0 Å². The van der Waals surface area contributed by atoms with Crippen molar-refractivity contribution >= 4 is 5.91 Å². The highest BCUT2D eigenvalue weighted by Crippen LogP contribution is 1.72. The van der Waals surface area contributed by atoms with Gasteiger partial charge >= 0.3 is 0 Å². The van der Waals surface area contributed by atoms with Crippen molar-refractivity contribution < 1.29 is 4.79 Å². The van der Waals surface area contributed by atoms with Gasteiger partial charge in [-0.25, -0.2) is 0 Å². The fourth-order valence-electron chi connectivity index (χ4n) is 1.92. The van der Waals surface area contributed by atoms with Crippen molar-refractivity contribution in [1.29, 1.82) is 0 Å². The Morgan fingerprint density at radius 3 is 1.26 bits per heavy atom. The number of hydrogen-bond donors (Lipinski definition) is 6. The Balaban J connectivity index is 2.99. The molecule has 0 heterocycles. The lowest BCUT2D eigenvalue weighted by molar-refractivity contribution is -0.120.